The zero-order chi connectivity index (χ0) is 16.2. The molecule has 0 aliphatic carbocycles. The van der Waals surface area contributed by atoms with Crippen LogP contribution in [-0.2, 0) is 6.18 Å². The number of nitrogens with one attached hydrogen (secondary N) is 1. The lowest BCUT2D eigenvalue weighted by molar-refractivity contribution is -0.136. The van der Waals surface area contributed by atoms with Crippen molar-refractivity contribution < 1.29 is 18.0 Å². The molecule has 0 spiro atoms. The third-order valence-electron chi connectivity index (χ3n) is 4.66. The quantitative estimate of drug-likeness (QED) is 0.914. The predicted octanol–water partition coefficient (Wildman–Crippen LogP) is 2.75. The van der Waals surface area contributed by atoms with E-state index in [1.54, 1.807) is 0 Å². The topological polar surface area (TPSA) is 45.2 Å². The van der Waals surface area contributed by atoms with Gasteiger partial charge >= 0.3 is 6.18 Å². The summed E-state index contributed by atoms with van der Waals surface area (Å²) in [5.74, 6) is 0.0529. The Balaban J connectivity index is 1.63. The van der Waals surface area contributed by atoms with Gasteiger partial charge in [0, 0.05) is 36.1 Å². The van der Waals surface area contributed by atoms with Gasteiger partial charge in [0.25, 0.3) is 5.91 Å². The number of rotatable bonds is 2. The largest absolute Gasteiger partial charge is 0.417 e. The van der Waals surface area contributed by atoms with Crippen LogP contribution >= 0.6 is 11.3 Å². The Hall–Kier alpha value is -1.67. The summed E-state index contributed by atoms with van der Waals surface area (Å²) in [6.07, 6.45) is -2.10. The molecule has 23 heavy (non-hydrogen) atoms. The molecule has 1 amide bonds. The van der Waals surface area contributed by atoms with E-state index in [9.17, 15) is 18.0 Å². The van der Waals surface area contributed by atoms with Crippen molar-refractivity contribution in [2.45, 2.75) is 18.6 Å². The maximum absolute atomic E-state index is 13.0. The molecule has 0 saturated carbocycles. The molecule has 0 radical (unpaired) electrons. The van der Waals surface area contributed by atoms with Gasteiger partial charge in [0.15, 0.2) is 0 Å². The minimum absolute atomic E-state index is 0.0411. The third kappa shape index (κ3) is 2.49. The minimum atomic E-state index is -4.43. The van der Waals surface area contributed by atoms with Gasteiger partial charge in [0.2, 0.25) is 0 Å². The van der Waals surface area contributed by atoms with E-state index >= 15 is 0 Å². The normalized spacial score (nSPS) is 26.8. The number of nitrogens with zero attached hydrogens (tertiary/aromatic N) is 2. The molecule has 3 atom stereocenters. The third-order valence-corrected chi connectivity index (χ3v) is 5.66. The van der Waals surface area contributed by atoms with E-state index in [4.69, 9.17) is 0 Å². The van der Waals surface area contributed by atoms with E-state index in [2.05, 4.69) is 15.2 Å². The van der Waals surface area contributed by atoms with Gasteiger partial charge in [-0.3, -0.25) is 4.79 Å². The molecule has 2 aliphatic heterocycles. The number of fused-ring (bicyclic) bond motifs is 3. The number of piperidine rings is 1. The maximum Gasteiger partial charge on any atom is 0.417 e. The van der Waals surface area contributed by atoms with E-state index in [0.717, 1.165) is 42.8 Å². The van der Waals surface area contributed by atoms with Crippen molar-refractivity contribution in [3.63, 3.8) is 0 Å². The fourth-order valence-electron chi connectivity index (χ4n) is 3.53. The van der Waals surface area contributed by atoms with Crippen LogP contribution in [0.2, 0.25) is 0 Å². The lowest BCUT2D eigenvalue weighted by Gasteiger charge is -2.23. The van der Waals surface area contributed by atoms with Crippen molar-refractivity contribution in [3.8, 4) is 0 Å². The van der Waals surface area contributed by atoms with Gasteiger partial charge < -0.3 is 10.2 Å². The van der Waals surface area contributed by atoms with Crippen molar-refractivity contribution in [1.29, 1.82) is 0 Å². The van der Waals surface area contributed by atoms with Gasteiger partial charge in [-0.2, -0.15) is 13.2 Å². The molecule has 1 N–H and O–H groups in total. The van der Waals surface area contributed by atoms with Crippen molar-refractivity contribution >= 4 is 27.3 Å². The number of aromatic nitrogens is 1. The Morgan fingerprint density at radius 3 is 2.87 bits per heavy atom. The summed E-state index contributed by atoms with van der Waals surface area (Å²) < 4.78 is 39.3. The highest BCUT2D eigenvalue weighted by Gasteiger charge is 2.39. The van der Waals surface area contributed by atoms with Gasteiger partial charge in [0.05, 0.1) is 10.3 Å². The number of pyridine rings is 1. The minimum Gasteiger partial charge on any atom is -0.346 e. The summed E-state index contributed by atoms with van der Waals surface area (Å²) in [4.78, 5) is 18.8. The van der Waals surface area contributed by atoms with Crippen LogP contribution in [0.5, 0.6) is 0 Å². The summed E-state index contributed by atoms with van der Waals surface area (Å²) in [6.45, 7) is 2.86. The molecule has 2 bridgehead atoms. The lowest BCUT2D eigenvalue weighted by atomic mass is 10.00. The second-order valence-corrected chi connectivity index (χ2v) is 6.95. The summed E-state index contributed by atoms with van der Waals surface area (Å²) in [5, 5.41) is 4.04. The monoisotopic (exact) mass is 341 g/mol. The van der Waals surface area contributed by atoms with Crippen LogP contribution in [0.1, 0.15) is 22.5 Å². The van der Waals surface area contributed by atoms with Crippen LogP contribution in [0.25, 0.3) is 10.1 Å². The number of hydrogen-bond acceptors (Lipinski definition) is 4. The predicted molar refractivity (Wildman–Crippen MR) is 80.4 cm³/mol. The molecule has 2 aromatic heterocycles. The van der Waals surface area contributed by atoms with Crippen LogP contribution in [0.15, 0.2) is 17.6 Å². The molecule has 4 heterocycles. The van der Waals surface area contributed by atoms with Crippen molar-refractivity contribution in [2.24, 2.45) is 5.92 Å². The molecule has 4 rings (SSSR count). The number of thiophene rings is 1. The number of carbonyl (C=O) groups excluding carboxylic acids is 1. The number of halogens is 3. The molecule has 122 valence electrons. The SMILES string of the molecule is O=C(NC1CN2CC[C@H]1C2)c1nccc2c(C(F)(F)F)csc12. The number of amides is 1. The second kappa shape index (κ2) is 5.17. The smallest absolute Gasteiger partial charge is 0.346 e. The van der Waals surface area contributed by atoms with E-state index in [0.29, 0.717) is 10.6 Å². The highest BCUT2D eigenvalue weighted by atomic mass is 32.1. The highest BCUT2D eigenvalue weighted by Crippen LogP contribution is 2.39. The summed E-state index contributed by atoms with van der Waals surface area (Å²) in [7, 11) is 0. The van der Waals surface area contributed by atoms with Crippen LogP contribution in [0, 0.1) is 5.92 Å². The Labute approximate surface area is 134 Å². The number of hydrogen-bond donors (Lipinski definition) is 1. The number of alkyl halides is 3. The average Bonchev–Trinajstić information content (AvgIpc) is 3.20. The lowest BCUT2D eigenvalue weighted by Crippen LogP contribution is -2.43. The first kappa shape index (κ1) is 14.9. The molecule has 2 saturated heterocycles. The zero-order valence-electron chi connectivity index (χ0n) is 12.1. The first-order valence-corrected chi connectivity index (χ1v) is 8.28. The van der Waals surface area contributed by atoms with E-state index in [1.807, 2.05) is 0 Å². The molecule has 2 fully saturated rings. The van der Waals surface area contributed by atoms with Crippen molar-refractivity contribution in [1.82, 2.24) is 15.2 Å². The van der Waals surface area contributed by atoms with E-state index in [1.165, 1.54) is 12.3 Å². The van der Waals surface area contributed by atoms with E-state index in [-0.39, 0.29) is 23.0 Å². The molecular weight excluding hydrogens is 327 g/mol. The molecule has 2 aromatic rings. The van der Waals surface area contributed by atoms with E-state index < -0.39 is 11.7 Å². The molecule has 0 aromatic carbocycles. The molecular formula is C15H14F3N3OS. The Bertz CT molecular complexity index is 773. The first-order valence-electron chi connectivity index (χ1n) is 7.40. The Kier molecular flexibility index (Phi) is 3.35. The van der Waals surface area contributed by atoms with Crippen LogP contribution in [0.4, 0.5) is 13.2 Å². The molecule has 2 unspecified atom stereocenters. The Morgan fingerprint density at radius 1 is 1.39 bits per heavy atom. The van der Waals surface area contributed by atoms with Gasteiger partial charge in [-0.15, -0.1) is 11.3 Å². The molecule has 8 heteroatoms. The molecule has 4 nitrogen and oxygen atoms in total. The van der Waals surface area contributed by atoms with Crippen LogP contribution in [-0.4, -0.2) is 41.5 Å². The van der Waals surface area contributed by atoms with Gasteiger partial charge in [-0.1, -0.05) is 0 Å². The van der Waals surface area contributed by atoms with Gasteiger partial charge in [-0.25, -0.2) is 4.98 Å². The highest BCUT2D eigenvalue weighted by molar-refractivity contribution is 7.17. The van der Waals surface area contributed by atoms with Gasteiger partial charge in [-0.05, 0) is 24.9 Å². The second-order valence-electron chi connectivity index (χ2n) is 6.07. The zero-order valence-corrected chi connectivity index (χ0v) is 12.9. The molecule has 2 aliphatic rings. The van der Waals surface area contributed by atoms with Gasteiger partial charge in [0.1, 0.15) is 5.69 Å². The maximum atomic E-state index is 13.0. The summed E-state index contributed by atoms with van der Waals surface area (Å²) in [5.41, 5.74) is -0.624. The first-order chi connectivity index (χ1) is 10.9. The summed E-state index contributed by atoms with van der Waals surface area (Å²) in [6, 6.07) is 1.38. The Morgan fingerprint density at radius 2 is 2.22 bits per heavy atom. The number of carbonyl (C=O) groups is 1. The average molecular weight is 341 g/mol. The van der Waals surface area contributed by atoms with Crippen LogP contribution in [0.3, 0.4) is 0 Å². The fourth-order valence-corrected chi connectivity index (χ4v) is 4.58. The van der Waals surface area contributed by atoms with Crippen molar-refractivity contribution in [3.05, 3.63) is 28.9 Å². The standard InChI is InChI=1S/C15H14F3N3OS/c16-15(17,18)10-7-23-13-9(10)1-3-19-12(13)14(22)20-11-6-21-4-2-8(11)5-21/h1,3,7-8,11H,2,4-6H2,(H,20,22)/t8-,11?/m0/s1. The summed E-state index contributed by atoms with van der Waals surface area (Å²) >= 11 is 0.915. The van der Waals surface area contributed by atoms with Crippen LogP contribution < -0.4 is 5.32 Å². The van der Waals surface area contributed by atoms with Crippen molar-refractivity contribution in [2.75, 3.05) is 19.6 Å². The fraction of sp³-hybridized carbons (Fsp3) is 0.467.